The highest BCUT2D eigenvalue weighted by molar-refractivity contribution is 6.02. The van der Waals surface area contributed by atoms with Crippen LogP contribution < -0.4 is 4.74 Å². The summed E-state index contributed by atoms with van der Waals surface area (Å²) in [5.41, 5.74) is 2.17. The van der Waals surface area contributed by atoms with E-state index in [-0.39, 0.29) is 17.5 Å². The van der Waals surface area contributed by atoms with Gasteiger partial charge in [-0.15, -0.1) is 0 Å². The van der Waals surface area contributed by atoms with Crippen molar-refractivity contribution in [2.45, 2.75) is 32.1 Å². The zero-order chi connectivity index (χ0) is 14.9. The zero-order valence-corrected chi connectivity index (χ0v) is 12.7. The van der Waals surface area contributed by atoms with Crippen molar-refractivity contribution in [3.8, 4) is 11.5 Å². The molecular formula is C16H23NO3. The maximum absolute atomic E-state index is 12.2. The third kappa shape index (κ3) is 2.52. The molecule has 1 aliphatic rings. The minimum atomic E-state index is 0.0462. The van der Waals surface area contributed by atoms with Gasteiger partial charge in [-0.25, -0.2) is 0 Å². The zero-order valence-electron chi connectivity index (χ0n) is 12.7. The fraction of sp³-hybridized carbons (Fsp3) is 0.562. The second kappa shape index (κ2) is 5.83. The molecule has 0 bridgehead atoms. The molecule has 0 amide bonds. The van der Waals surface area contributed by atoms with Crippen LogP contribution in [0.15, 0.2) is 6.07 Å². The number of likely N-dealkylation sites (N-methyl/N-ethyl adjacent to an activating group) is 1. The summed E-state index contributed by atoms with van der Waals surface area (Å²) >= 11 is 0. The summed E-state index contributed by atoms with van der Waals surface area (Å²) in [5.74, 6) is 1.12. The lowest BCUT2D eigenvalue weighted by atomic mass is 9.80. The molecule has 0 fully saturated rings. The minimum Gasteiger partial charge on any atom is -0.507 e. The minimum absolute atomic E-state index is 0.0462. The lowest BCUT2D eigenvalue weighted by molar-refractivity contribution is 0.0960. The molecule has 1 atom stereocenters. The van der Waals surface area contributed by atoms with E-state index in [9.17, 15) is 9.90 Å². The second-order valence-corrected chi connectivity index (χ2v) is 5.64. The molecule has 0 unspecified atom stereocenters. The number of fused-ring (bicyclic) bond motifs is 1. The number of methoxy groups -OCH3 is 1. The molecule has 0 heterocycles. The monoisotopic (exact) mass is 277 g/mol. The number of phenols is 1. The molecule has 0 aliphatic heterocycles. The van der Waals surface area contributed by atoms with Gasteiger partial charge in [-0.05, 0) is 44.5 Å². The maximum atomic E-state index is 12.2. The van der Waals surface area contributed by atoms with E-state index in [1.54, 1.807) is 7.11 Å². The maximum Gasteiger partial charge on any atom is 0.166 e. The van der Waals surface area contributed by atoms with Crippen LogP contribution in [0.25, 0.3) is 0 Å². The molecule has 0 radical (unpaired) electrons. The van der Waals surface area contributed by atoms with Crippen molar-refractivity contribution in [1.29, 1.82) is 0 Å². The number of phenolic OH excluding ortho intramolecular Hbond substituents is 1. The van der Waals surface area contributed by atoms with Crippen molar-refractivity contribution < 1.29 is 14.6 Å². The van der Waals surface area contributed by atoms with Gasteiger partial charge in [-0.1, -0.05) is 6.92 Å². The van der Waals surface area contributed by atoms with Crippen LogP contribution in [-0.2, 0) is 6.42 Å². The van der Waals surface area contributed by atoms with Crippen molar-refractivity contribution in [2.75, 3.05) is 27.7 Å². The summed E-state index contributed by atoms with van der Waals surface area (Å²) < 4.78 is 5.39. The van der Waals surface area contributed by atoms with Crippen molar-refractivity contribution in [3.05, 3.63) is 22.8 Å². The number of nitrogens with zero attached hydrogens (tertiary/aromatic N) is 1. The molecule has 1 N–H and O–H groups in total. The topological polar surface area (TPSA) is 49.8 Å². The number of aromatic hydroxyl groups is 1. The Labute approximate surface area is 120 Å². The number of hydrogen-bond acceptors (Lipinski definition) is 4. The molecule has 1 aliphatic carbocycles. The summed E-state index contributed by atoms with van der Waals surface area (Å²) in [6, 6.07) is 1.94. The summed E-state index contributed by atoms with van der Waals surface area (Å²) in [6.45, 7) is 2.82. The second-order valence-electron chi connectivity index (χ2n) is 5.64. The predicted octanol–water partition coefficient (Wildman–Crippen LogP) is 2.58. The van der Waals surface area contributed by atoms with E-state index in [0.717, 1.165) is 24.1 Å². The van der Waals surface area contributed by atoms with Crippen LogP contribution in [-0.4, -0.2) is 43.5 Å². The van der Waals surface area contributed by atoms with E-state index in [0.29, 0.717) is 24.2 Å². The van der Waals surface area contributed by atoms with Crippen LogP contribution in [0.5, 0.6) is 11.5 Å². The number of benzene rings is 1. The average molecular weight is 277 g/mol. The normalized spacial score (nSPS) is 18.2. The van der Waals surface area contributed by atoms with Gasteiger partial charge in [0.05, 0.1) is 12.7 Å². The van der Waals surface area contributed by atoms with Gasteiger partial charge in [0.1, 0.15) is 11.5 Å². The van der Waals surface area contributed by atoms with E-state index < -0.39 is 0 Å². The Morgan fingerprint density at radius 3 is 2.70 bits per heavy atom. The largest absolute Gasteiger partial charge is 0.507 e. The third-order valence-corrected chi connectivity index (χ3v) is 3.99. The summed E-state index contributed by atoms with van der Waals surface area (Å²) in [7, 11) is 5.65. The number of Topliss-reactive ketones (excluding diaryl/α,β-unsaturated/α-hetero) is 1. The lowest BCUT2D eigenvalue weighted by Crippen LogP contribution is -2.26. The van der Waals surface area contributed by atoms with Gasteiger partial charge in [-0.3, -0.25) is 4.79 Å². The Morgan fingerprint density at radius 1 is 1.45 bits per heavy atom. The molecule has 1 aromatic rings. The van der Waals surface area contributed by atoms with Crippen LogP contribution in [0.2, 0.25) is 0 Å². The molecule has 0 saturated carbocycles. The number of carbonyl (C=O) groups is 1. The molecule has 4 nitrogen and oxygen atoms in total. The standard InChI is InChI=1S/C16H23NO3/c1-5-11-14(20-4)8-12-10(9-17(2)3)6-7-13(18)15(12)16(11)19/h8,10,19H,5-7,9H2,1-4H3/t10-/m0/s1. The number of ether oxygens (including phenoxy) is 1. The van der Waals surface area contributed by atoms with Crippen LogP contribution in [0.1, 0.15) is 47.2 Å². The lowest BCUT2D eigenvalue weighted by Gasteiger charge is -2.29. The Kier molecular flexibility index (Phi) is 4.33. The van der Waals surface area contributed by atoms with Gasteiger partial charge >= 0.3 is 0 Å². The Morgan fingerprint density at radius 2 is 2.15 bits per heavy atom. The van der Waals surface area contributed by atoms with Gasteiger partial charge < -0.3 is 14.7 Å². The van der Waals surface area contributed by atoms with Crippen LogP contribution >= 0.6 is 0 Å². The number of carbonyl (C=O) groups excluding carboxylic acids is 1. The highest BCUT2D eigenvalue weighted by Crippen LogP contribution is 2.42. The smallest absolute Gasteiger partial charge is 0.166 e. The van der Waals surface area contributed by atoms with E-state index in [4.69, 9.17) is 4.74 Å². The average Bonchev–Trinajstić information content (AvgIpc) is 2.40. The molecule has 2 rings (SSSR count). The predicted molar refractivity (Wildman–Crippen MR) is 78.9 cm³/mol. The highest BCUT2D eigenvalue weighted by atomic mass is 16.5. The van der Waals surface area contributed by atoms with Gasteiger partial charge in [-0.2, -0.15) is 0 Å². The molecule has 1 aromatic carbocycles. The molecule has 0 spiro atoms. The molecule has 110 valence electrons. The van der Waals surface area contributed by atoms with Crippen molar-refractivity contribution in [1.82, 2.24) is 4.90 Å². The Bertz CT molecular complexity index is 523. The molecule has 0 saturated heterocycles. The fourth-order valence-corrected chi connectivity index (χ4v) is 3.06. The van der Waals surface area contributed by atoms with Gasteiger partial charge in [0.25, 0.3) is 0 Å². The Balaban J connectivity index is 2.59. The quantitative estimate of drug-likeness (QED) is 0.919. The molecule has 4 heteroatoms. The van der Waals surface area contributed by atoms with Gasteiger partial charge in [0.15, 0.2) is 5.78 Å². The summed E-state index contributed by atoms with van der Waals surface area (Å²) in [4.78, 5) is 14.3. The summed E-state index contributed by atoms with van der Waals surface area (Å²) in [5, 5.41) is 10.5. The third-order valence-electron chi connectivity index (χ3n) is 3.99. The van der Waals surface area contributed by atoms with Crippen molar-refractivity contribution >= 4 is 5.78 Å². The highest BCUT2D eigenvalue weighted by Gasteiger charge is 2.31. The van der Waals surface area contributed by atoms with Crippen molar-refractivity contribution in [3.63, 3.8) is 0 Å². The molecule has 0 aromatic heterocycles. The van der Waals surface area contributed by atoms with Gasteiger partial charge in [0, 0.05) is 18.5 Å². The van der Waals surface area contributed by atoms with E-state index in [1.165, 1.54) is 0 Å². The van der Waals surface area contributed by atoms with E-state index in [1.807, 2.05) is 27.1 Å². The SMILES string of the molecule is CCc1c(OC)cc2c(c1O)C(=O)CC[C@H]2CN(C)C. The van der Waals surface area contributed by atoms with Gasteiger partial charge in [0.2, 0.25) is 0 Å². The first kappa shape index (κ1) is 14.9. The van der Waals surface area contributed by atoms with E-state index in [2.05, 4.69) is 4.90 Å². The number of ketones is 1. The van der Waals surface area contributed by atoms with Crippen molar-refractivity contribution in [2.24, 2.45) is 0 Å². The van der Waals surface area contributed by atoms with Crippen LogP contribution in [0.4, 0.5) is 0 Å². The summed E-state index contributed by atoms with van der Waals surface area (Å²) in [6.07, 6.45) is 1.99. The first-order chi connectivity index (χ1) is 9.49. The van der Waals surface area contributed by atoms with E-state index >= 15 is 0 Å². The molecule has 20 heavy (non-hydrogen) atoms. The van der Waals surface area contributed by atoms with Crippen LogP contribution in [0, 0.1) is 0 Å². The molecular weight excluding hydrogens is 254 g/mol. The fourth-order valence-electron chi connectivity index (χ4n) is 3.06. The number of hydrogen-bond donors (Lipinski definition) is 1. The number of rotatable bonds is 4. The first-order valence-electron chi connectivity index (χ1n) is 7.10. The Hall–Kier alpha value is -1.55. The first-order valence-corrected chi connectivity index (χ1v) is 7.10. The van der Waals surface area contributed by atoms with Crippen LogP contribution in [0.3, 0.4) is 0 Å².